The number of hydrogen-bond acceptors (Lipinski definition) is 5. The van der Waals surface area contributed by atoms with Crippen molar-refractivity contribution in [2.24, 2.45) is 0 Å². The van der Waals surface area contributed by atoms with Crippen LogP contribution < -0.4 is 0 Å². The van der Waals surface area contributed by atoms with Crippen molar-refractivity contribution in [1.29, 1.82) is 0 Å². The van der Waals surface area contributed by atoms with Gasteiger partial charge < -0.3 is 5.11 Å². The average Bonchev–Trinajstić information content (AvgIpc) is 3.35. The standard InChI is InChI=1S/C13H16F3N3O4S/c1-18(9-5-6-9)24(22,23)19(8-11(20)13(14,15)16)12(21)10-4-2-3-7-17-10/h2-4,7,9,11,20H,5-6,8H2,1H3. The molecule has 0 saturated heterocycles. The summed E-state index contributed by atoms with van der Waals surface area (Å²) < 4.78 is 63.8. The van der Waals surface area contributed by atoms with Gasteiger partial charge in [-0.25, -0.2) is 4.31 Å². The zero-order valence-electron chi connectivity index (χ0n) is 12.6. The molecule has 1 N–H and O–H groups in total. The molecule has 1 aliphatic carbocycles. The molecule has 0 aromatic carbocycles. The lowest BCUT2D eigenvalue weighted by Gasteiger charge is -2.29. The molecule has 1 fully saturated rings. The summed E-state index contributed by atoms with van der Waals surface area (Å²) in [4.78, 5) is 16.0. The van der Waals surface area contributed by atoms with Crippen LogP contribution in [0.1, 0.15) is 23.3 Å². The quantitative estimate of drug-likeness (QED) is 0.803. The molecule has 2 rings (SSSR count). The van der Waals surface area contributed by atoms with E-state index < -0.39 is 34.9 Å². The van der Waals surface area contributed by atoms with Crippen LogP contribution in [0, 0.1) is 0 Å². The number of alkyl halides is 3. The Hall–Kier alpha value is -1.72. The van der Waals surface area contributed by atoms with Crippen LogP contribution >= 0.6 is 0 Å². The van der Waals surface area contributed by atoms with Crippen LogP contribution in [0.3, 0.4) is 0 Å². The van der Waals surface area contributed by atoms with Gasteiger partial charge in [0.2, 0.25) is 0 Å². The molecule has 1 unspecified atom stereocenters. The number of rotatable bonds is 6. The summed E-state index contributed by atoms with van der Waals surface area (Å²) in [6.07, 6.45) is -5.72. The molecule has 0 spiro atoms. The first-order valence-electron chi connectivity index (χ1n) is 7.01. The number of carbonyl (C=O) groups is 1. The summed E-state index contributed by atoms with van der Waals surface area (Å²) in [5.74, 6) is -1.23. The van der Waals surface area contributed by atoms with E-state index in [1.165, 1.54) is 31.4 Å². The molecule has 1 amide bonds. The van der Waals surface area contributed by atoms with Gasteiger partial charge in [-0.3, -0.25) is 9.78 Å². The van der Waals surface area contributed by atoms with Gasteiger partial charge in [0.1, 0.15) is 5.69 Å². The molecule has 1 aromatic rings. The number of aliphatic hydroxyl groups excluding tert-OH is 1. The van der Waals surface area contributed by atoms with E-state index in [2.05, 4.69) is 4.98 Å². The largest absolute Gasteiger partial charge is 0.416 e. The number of aliphatic hydroxyl groups is 1. The Kier molecular flexibility index (Phi) is 5.16. The summed E-state index contributed by atoms with van der Waals surface area (Å²) >= 11 is 0. The van der Waals surface area contributed by atoms with Gasteiger partial charge in [0.15, 0.2) is 6.10 Å². The Bertz CT molecular complexity index is 692. The SMILES string of the molecule is CN(C1CC1)S(=O)(=O)N(CC(O)C(F)(F)F)C(=O)c1ccccn1. The zero-order valence-corrected chi connectivity index (χ0v) is 13.5. The molecule has 1 aliphatic rings. The number of pyridine rings is 1. The fourth-order valence-electron chi connectivity index (χ4n) is 1.94. The Morgan fingerprint density at radius 3 is 2.50 bits per heavy atom. The predicted molar refractivity (Wildman–Crippen MR) is 77.0 cm³/mol. The van der Waals surface area contributed by atoms with Gasteiger partial charge in [0.05, 0.1) is 6.54 Å². The van der Waals surface area contributed by atoms with Crippen LogP contribution in [0.25, 0.3) is 0 Å². The van der Waals surface area contributed by atoms with Crippen molar-refractivity contribution in [3.8, 4) is 0 Å². The molecule has 1 aromatic heterocycles. The second kappa shape index (κ2) is 6.65. The molecule has 1 saturated carbocycles. The van der Waals surface area contributed by atoms with E-state index in [1.54, 1.807) is 0 Å². The van der Waals surface area contributed by atoms with Crippen LogP contribution in [0.15, 0.2) is 24.4 Å². The third kappa shape index (κ3) is 4.02. The van der Waals surface area contributed by atoms with E-state index in [4.69, 9.17) is 0 Å². The lowest BCUT2D eigenvalue weighted by molar-refractivity contribution is -0.204. The smallest absolute Gasteiger partial charge is 0.382 e. The minimum Gasteiger partial charge on any atom is -0.382 e. The molecule has 11 heteroatoms. The monoisotopic (exact) mass is 367 g/mol. The highest BCUT2D eigenvalue weighted by molar-refractivity contribution is 7.87. The molecule has 1 atom stereocenters. The highest BCUT2D eigenvalue weighted by Gasteiger charge is 2.46. The van der Waals surface area contributed by atoms with Crippen molar-refractivity contribution in [2.45, 2.75) is 31.2 Å². The van der Waals surface area contributed by atoms with Crippen molar-refractivity contribution >= 4 is 16.1 Å². The van der Waals surface area contributed by atoms with E-state index in [9.17, 15) is 31.5 Å². The fraction of sp³-hybridized carbons (Fsp3) is 0.538. The van der Waals surface area contributed by atoms with Crippen LogP contribution in [0.5, 0.6) is 0 Å². The molecule has 7 nitrogen and oxygen atoms in total. The second-order valence-electron chi connectivity index (χ2n) is 5.36. The topological polar surface area (TPSA) is 90.8 Å². The van der Waals surface area contributed by atoms with Crippen molar-refractivity contribution in [3.05, 3.63) is 30.1 Å². The van der Waals surface area contributed by atoms with Crippen LogP contribution in [0.4, 0.5) is 13.2 Å². The molecule has 0 bridgehead atoms. The number of carbonyl (C=O) groups excluding carboxylic acids is 1. The van der Waals surface area contributed by atoms with Crippen LogP contribution in [0.2, 0.25) is 0 Å². The average molecular weight is 367 g/mol. The number of nitrogens with zero attached hydrogens (tertiary/aromatic N) is 3. The molecule has 0 aliphatic heterocycles. The highest BCUT2D eigenvalue weighted by atomic mass is 32.2. The van der Waals surface area contributed by atoms with Gasteiger partial charge in [-0.15, -0.1) is 0 Å². The van der Waals surface area contributed by atoms with Gasteiger partial charge >= 0.3 is 16.4 Å². The molecule has 134 valence electrons. The molecular formula is C13H16F3N3O4S. The number of aromatic nitrogens is 1. The maximum absolute atomic E-state index is 12.6. The third-order valence-corrected chi connectivity index (χ3v) is 5.43. The first-order chi connectivity index (χ1) is 11.0. The summed E-state index contributed by atoms with van der Waals surface area (Å²) in [5.41, 5.74) is -0.334. The predicted octanol–water partition coefficient (Wildman–Crippen LogP) is 0.786. The van der Waals surface area contributed by atoms with Gasteiger partial charge in [0, 0.05) is 19.3 Å². The minimum absolute atomic E-state index is 0.0197. The molecule has 1 heterocycles. The molecule has 0 radical (unpaired) electrons. The van der Waals surface area contributed by atoms with Crippen molar-refractivity contribution in [1.82, 2.24) is 13.6 Å². The summed E-state index contributed by atoms with van der Waals surface area (Å²) in [6.45, 7) is -1.43. The highest BCUT2D eigenvalue weighted by Crippen LogP contribution is 2.30. The van der Waals surface area contributed by atoms with Crippen molar-refractivity contribution in [2.75, 3.05) is 13.6 Å². The maximum Gasteiger partial charge on any atom is 0.416 e. The Balaban J connectivity index is 2.36. The van der Waals surface area contributed by atoms with Crippen LogP contribution in [-0.2, 0) is 10.2 Å². The van der Waals surface area contributed by atoms with Crippen LogP contribution in [-0.4, -0.2) is 64.9 Å². The Morgan fingerprint density at radius 2 is 2.04 bits per heavy atom. The molecular weight excluding hydrogens is 351 g/mol. The number of halogens is 3. The number of amides is 1. The van der Waals surface area contributed by atoms with E-state index in [1.807, 2.05) is 0 Å². The zero-order chi connectivity index (χ0) is 18.1. The maximum atomic E-state index is 12.6. The van der Waals surface area contributed by atoms with E-state index in [-0.39, 0.29) is 16.0 Å². The summed E-state index contributed by atoms with van der Waals surface area (Å²) in [6, 6.07) is 3.69. The lowest BCUT2D eigenvalue weighted by atomic mass is 10.3. The second-order valence-corrected chi connectivity index (χ2v) is 7.28. The Labute approximate surface area is 136 Å². The van der Waals surface area contributed by atoms with E-state index in [0.29, 0.717) is 12.8 Å². The van der Waals surface area contributed by atoms with Gasteiger partial charge in [-0.2, -0.15) is 25.9 Å². The van der Waals surface area contributed by atoms with Gasteiger partial charge in [-0.05, 0) is 25.0 Å². The van der Waals surface area contributed by atoms with Crippen molar-refractivity contribution in [3.63, 3.8) is 0 Å². The normalized spacial score (nSPS) is 16.9. The lowest BCUT2D eigenvalue weighted by Crippen LogP contribution is -2.51. The number of hydrogen-bond donors (Lipinski definition) is 1. The molecule has 24 heavy (non-hydrogen) atoms. The summed E-state index contributed by atoms with van der Waals surface area (Å²) in [7, 11) is -3.34. The Morgan fingerprint density at radius 1 is 1.42 bits per heavy atom. The fourth-order valence-corrected chi connectivity index (χ4v) is 3.47. The summed E-state index contributed by atoms with van der Waals surface area (Å²) in [5, 5.41) is 9.23. The minimum atomic E-state index is -5.06. The first-order valence-corrected chi connectivity index (χ1v) is 8.40. The van der Waals surface area contributed by atoms with E-state index in [0.717, 1.165) is 4.31 Å². The van der Waals surface area contributed by atoms with E-state index >= 15 is 0 Å². The first kappa shape index (κ1) is 18.6. The van der Waals surface area contributed by atoms with Gasteiger partial charge in [-0.1, -0.05) is 6.07 Å². The van der Waals surface area contributed by atoms with Gasteiger partial charge in [0.25, 0.3) is 5.91 Å². The third-order valence-electron chi connectivity index (χ3n) is 3.53. The van der Waals surface area contributed by atoms with Crippen molar-refractivity contribution < 1.29 is 31.5 Å².